The zero-order valence-corrected chi connectivity index (χ0v) is 15.1. The van der Waals surface area contributed by atoms with E-state index in [-0.39, 0.29) is 17.6 Å². The van der Waals surface area contributed by atoms with E-state index < -0.39 is 0 Å². The third-order valence-electron chi connectivity index (χ3n) is 4.22. The lowest BCUT2D eigenvalue weighted by atomic mass is 9.87. The second kappa shape index (κ2) is 8.77. The largest absolute Gasteiger partial charge is 0.326 e. The van der Waals surface area contributed by atoms with Crippen LogP contribution in [0.2, 0.25) is 0 Å². The molecule has 0 aliphatic heterocycles. The molecule has 0 unspecified atom stereocenters. The van der Waals surface area contributed by atoms with Crippen molar-refractivity contribution in [2.75, 3.05) is 5.32 Å². The van der Waals surface area contributed by atoms with Crippen LogP contribution in [0.15, 0.2) is 91.0 Å². The molecule has 134 valence electrons. The van der Waals surface area contributed by atoms with Crippen LogP contribution >= 0.6 is 0 Å². The lowest BCUT2D eigenvalue weighted by molar-refractivity contribution is -0.115. The van der Waals surface area contributed by atoms with Crippen LogP contribution in [0.5, 0.6) is 0 Å². The molecular formula is C24H21NO2. The van der Waals surface area contributed by atoms with Crippen LogP contribution in [0, 0.1) is 0 Å². The van der Waals surface area contributed by atoms with Crippen LogP contribution in [0.4, 0.5) is 5.69 Å². The van der Waals surface area contributed by atoms with Crippen molar-refractivity contribution in [2.45, 2.75) is 12.8 Å². The fraction of sp³-hybridized carbons (Fsp3) is 0.0833. The zero-order chi connectivity index (χ0) is 19.1. The molecule has 0 fully saturated rings. The molecule has 0 heterocycles. The first-order valence-electron chi connectivity index (χ1n) is 8.83. The number of rotatable bonds is 6. The average Bonchev–Trinajstić information content (AvgIpc) is 2.69. The molecule has 0 saturated heterocycles. The predicted octanol–water partition coefficient (Wildman–Crippen LogP) is 5.06. The molecule has 0 radical (unpaired) electrons. The van der Waals surface area contributed by atoms with Gasteiger partial charge in [-0.05, 0) is 34.9 Å². The number of anilines is 1. The van der Waals surface area contributed by atoms with E-state index in [1.807, 2.05) is 84.9 Å². The molecule has 3 aromatic rings. The summed E-state index contributed by atoms with van der Waals surface area (Å²) in [4.78, 5) is 24.1. The van der Waals surface area contributed by atoms with Gasteiger partial charge in [-0.25, -0.2) is 0 Å². The van der Waals surface area contributed by atoms with Crippen molar-refractivity contribution in [3.05, 3.63) is 108 Å². The summed E-state index contributed by atoms with van der Waals surface area (Å²) in [5.41, 5.74) is 3.58. The summed E-state index contributed by atoms with van der Waals surface area (Å²) < 4.78 is 0. The lowest BCUT2D eigenvalue weighted by Gasteiger charge is -2.15. The minimum Gasteiger partial charge on any atom is -0.326 e. The number of carbonyl (C=O) groups excluding carboxylic acids is 2. The summed E-state index contributed by atoms with van der Waals surface area (Å²) in [5, 5.41) is 2.73. The van der Waals surface area contributed by atoms with Crippen LogP contribution in [0.1, 0.15) is 29.5 Å². The molecule has 1 amide bonds. The highest BCUT2D eigenvalue weighted by atomic mass is 16.1. The fourth-order valence-electron chi connectivity index (χ4n) is 2.97. The molecule has 0 aromatic heterocycles. The van der Waals surface area contributed by atoms with E-state index in [1.165, 1.54) is 6.92 Å². The highest BCUT2D eigenvalue weighted by Gasteiger charge is 2.20. The quantitative estimate of drug-likeness (QED) is 0.628. The van der Waals surface area contributed by atoms with Gasteiger partial charge in [0.15, 0.2) is 5.78 Å². The second-order valence-electron chi connectivity index (χ2n) is 6.29. The first kappa shape index (κ1) is 18.3. The van der Waals surface area contributed by atoms with E-state index in [2.05, 4.69) is 5.32 Å². The monoisotopic (exact) mass is 355 g/mol. The molecule has 3 rings (SSSR count). The number of nitrogens with one attached hydrogen (secondary N) is 1. The Balaban J connectivity index is 1.82. The summed E-state index contributed by atoms with van der Waals surface area (Å²) in [6, 6.07) is 27.0. The van der Waals surface area contributed by atoms with Gasteiger partial charge in [-0.15, -0.1) is 0 Å². The molecule has 0 saturated carbocycles. The van der Waals surface area contributed by atoms with E-state index in [0.717, 1.165) is 22.4 Å². The number of amides is 1. The third-order valence-corrected chi connectivity index (χ3v) is 4.22. The van der Waals surface area contributed by atoms with E-state index in [9.17, 15) is 9.59 Å². The van der Waals surface area contributed by atoms with Crippen molar-refractivity contribution in [1.82, 2.24) is 0 Å². The first-order valence-corrected chi connectivity index (χ1v) is 8.83. The van der Waals surface area contributed by atoms with Crippen molar-refractivity contribution < 1.29 is 9.59 Å². The summed E-state index contributed by atoms with van der Waals surface area (Å²) in [6.45, 7) is 1.47. The third kappa shape index (κ3) is 5.02. The number of hydrogen-bond donors (Lipinski definition) is 1. The standard InChI is InChI=1S/C24H21NO2/c1-18(26)25-22-15-12-19(13-16-22)14-17-23(27)24(20-8-4-2-5-9-20)21-10-6-3-7-11-21/h2-17,24H,1H3,(H,25,26)/b17-14+. The number of hydrogen-bond acceptors (Lipinski definition) is 2. The Morgan fingerprint density at radius 2 is 1.30 bits per heavy atom. The van der Waals surface area contributed by atoms with Crippen LogP contribution in [-0.2, 0) is 9.59 Å². The van der Waals surface area contributed by atoms with Gasteiger partial charge >= 0.3 is 0 Å². The summed E-state index contributed by atoms with van der Waals surface area (Å²) in [5.74, 6) is -0.414. The van der Waals surface area contributed by atoms with E-state index in [4.69, 9.17) is 0 Å². The molecule has 0 spiro atoms. The first-order chi connectivity index (χ1) is 13.1. The zero-order valence-electron chi connectivity index (χ0n) is 15.1. The normalized spacial score (nSPS) is 10.9. The Morgan fingerprint density at radius 1 is 0.778 bits per heavy atom. The highest BCUT2D eigenvalue weighted by molar-refractivity contribution is 6.00. The predicted molar refractivity (Wildman–Crippen MR) is 110 cm³/mol. The summed E-state index contributed by atoms with van der Waals surface area (Å²) in [7, 11) is 0. The highest BCUT2D eigenvalue weighted by Crippen LogP contribution is 2.26. The van der Waals surface area contributed by atoms with Crippen molar-refractivity contribution in [3.8, 4) is 0 Å². The van der Waals surface area contributed by atoms with Gasteiger partial charge in [0.05, 0.1) is 5.92 Å². The minimum absolute atomic E-state index is 0.0262. The Bertz CT molecular complexity index is 890. The maximum Gasteiger partial charge on any atom is 0.221 e. The SMILES string of the molecule is CC(=O)Nc1ccc(/C=C/C(=O)C(c2ccccc2)c2ccccc2)cc1. The lowest BCUT2D eigenvalue weighted by Crippen LogP contribution is -2.11. The Labute approximate surface area is 159 Å². The minimum atomic E-state index is -0.331. The van der Waals surface area contributed by atoms with E-state index in [0.29, 0.717) is 0 Å². The van der Waals surface area contributed by atoms with Crippen molar-refractivity contribution in [1.29, 1.82) is 0 Å². The van der Waals surface area contributed by atoms with Gasteiger partial charge in [0, 0.05) is 12.6 Å². The molecule has 27 heavy (non-hydrogen) atoms. The molecule has 0 bridgehead atoms. The molecule has 0 aliphatic carbocycles. The molecule has 1 N–H and O–H groups in total. The molecule has 3 heteroatoms. The fourth-order valence-corrected chi connectivity index (χ4v) is 2.97. The van der Waals surface area contributed by atoms with Gasteiger partial charge < -0.3 is 5.32 Å². The van der Waals surface area contributed by atoms with E-state index in [1.54, 1.807) is 12.2 Å². The van der Waals surface area contributed by atoms with E-state index >= 15 is 0 Å². The molecule has 3 nitrogen and oxygen atoms in total. The van der Waals surface area contributed by atoms with Crippen molar-refractivity contribution in [3.63, 3.8) is 0 Å². The summed E-state index contributed by atoms with van der Waals surface area (Å²) >= 11 is 0. The molecule has 0 atom stereocenters. The maximum atomic E-state index is 13.0. The topological polar surface area (TPSA) is 46.2 Å². The van der Waals surface area contributed by atoms with Gasteiger partial charge in [0.25, 0.3) is 0 Å². The Morgan fingerprint density at radius 3 is 1.78 bits per heavy atom. The maximum absolute atomic E-state index is 13.0. The molecule has 3 aromatic carbocycles. The second-order valence-corrected chi connectivity index (χ2v) is 6.29. The van der Waals surface area contributed by atoms with Crippen molar-refractivity contribution in [2.24, 2.45) is 0 Å². The Kier molecular flexibility index (Phi) is 5.95. The number of carbonyl (C=O) groups is 2. The smallest absolute Gasteiger partial charge is 0.221 e. The number of allylic oxidation sites excluding steroid dienone is 1. The average molecular weight is 355 g/mol. The molecule has 0 aliphatic rings. The summed E-state index contributed by atoms with van der Waals surface area (Å²) in [6.07, 6.45) is 3.43. The van der Waals surface area contributed by atoms with Gasteiger partial charge in [-0.1, -0.05) is 78.9 Å². The van der Waals surface area contributed by atoms with Crippen LogP contribution in [0.3, 0.4) is 0 Å². The van der Waals surface area contributed by atoms with Gasteiger partial charge in [0.2, 0.25) is 5.91 Å². The van der Waals surface area contributed by atoms with Crippen LogP contribution < -0.4 is 5.32 Å². The Hall–Kier alpha value is -3.46. The number of benzene rings is 3. The van der Waals surface area contributed by atoms with Crippen LogP contribution in [0.25, 0.3) is 6.08 Å². The van der Waals surface area contributed by atoms with Gasteiger partial charge in [-0.3, -0.25) is 9.59 Å². The van der Waals surface area contributed by atoms with Gasteiger partial charge in [-0.2, -0.15) is 0 Å². The van der Waals surface area contributed by atoms with Gasteiger partial charge in [0.1, 0.15) is 0 Å². The number of ketones is 1. The molecular weight excluding hydrogens is 334 g/mol. The van der Waals surface area contributed by atoms with Crippen molar-refractivity contribution >= 4 is 23.5 Å². The van der Waals surface area contributed by atoms with Crippen LogP contribution in [-0.4, -0.2) is 11.7 Å².